The van der Waals surface area contributed by atoms with Crippen LogP contribution in [0.2, 0.25) is 0 Å². The number of hydrogen-bond donors (Lipinski definition) is 1. The number of ether oxygens (including phenoxy) is 1. The summed E-state index contributed by atoms with van der Waals surface area (Å²) in [4.78, 5) is 24.9. The molecule has 0 radical (unpaired) electrons. The van der Waals surface area contributed by atoms with Crippen LogP contribution in [0.25, 0.3) is 11.3 Å². The molecular formula is C21H22N4O2. The molecule has 0 bridgehead atoms. The molecular weight excluding hydrogens is 340 g/mol. The molecule has 6 nitrogen and oxygen atoms in total. The summed E-state index contributed by atoms with van der Waals surface area (Å²) in [6.45, 7) is 4.02. The first-order chi connectivity index (χ1) is 13.1. The lowest BCUT2D eigenvalue weighted by atomic mass is 10.1. The van der Waals surface area contributed by atoms with Crippen molar-refractivity contribution in [3.05, 3.63) is 65.7 Å². The third-order valence-corrected chi connectivity index (χ3v) is 4.33. The van der Waals surface area contributed by atoms with Crippen LogP contribution in [0.15, 0.2) is 49.1 Å². The summed E-state index contributed by atoms with van der Waals surface area (Å²) in [6, 6.07) is 9.58. The lowest BCUT2D eigenvalue weighted by Crippen LogP contribution is -2.14. The predicted octanol–water partition coefficient (Wildman–Crippen LogP) is 3.74. The first-order valence-electron chi connectivity index (χ1n) is 8.73. The quantitative estimate of drug-likeness (QED) is 0.723. The van der Waals surface area contributed by atoms with Crippen molar-refractivity contribution in [2.75, 3.05) is 12.4 Å². The highest BCUT2D eigenvalue weighted by molar-refractivity contribution is 5.90. The smallest absolute Gasteiger partial charge is 0.225 e. The SMILES string of the molecule is COc1ccc(C)cc1-c1cc(NC(=O)CCc2cnccc2C)ncn1. The Kier molecular flexibility index (Phi) is 5.76. The van der Waals surface area contributed by atoms with Crippen LogP contribution in [0.3, 0.4) is 0 Å². The highest BCUT2D eigenvalue weighted by Gasteiger charge is 2.11. The minimum atomic E-state index is -0.0980. The zero-order chi connectivity index (χ0) is 19.2. The largest absolute Gasteiger partial charge is 0.496 e. The number of nitrogens with zero attached hydrogens (tertiary/aromatic N) is 3. The van der Waals surface area contributed by atoms with Crippen molar-refractivity contribution >= 4 is 11.7 Å². The molecule has 0 aliphatic carbocycles. The second kappa shape index (κ2) is 8.40. The van der Waals surface area contributed by atoms with Crippen LogP contribution >= 0.6 is 0 Å². The summed E-state index contributed by atoms with van der Waals surface area (Å²) in [5, 5.41) is 2.84. The van der Waals surface area contributed by atoms with Gasteiger partial charge in [-0.15, -0.1) is 0 Å². The Morgan fingerprint density at radius 2 is 2.00 bits per heavy atom. The normalized spacial score (nSPS) is 10.5. The highest BCUT2D eigenvalue weighted by Crippen LogP contribution is 2.30. The Morgan fingerprint density at radius 1 is 1.15 bits per heavy atom. The number of aromatic nitrogens is 3. The molecule has 0 saturated carbocycles. The first-order valence-corrected chi connectivity index (χ1v) is 8.73. The molecule has 2 heterocycles. The van der Waals surface area contributed by atoms with Gasteiger partial charge in [-0.1, -0.05) is 11.6 Å². The van der Waals surface area contributed by atoms with Gasteiger partial charge in [0.15, 0.2) is 0 Å². The van der Waals surface area contributed by atoms with E-state index < -0.39 is 0 Å². The van der Waals surface area contributed by atoms with Gasteiger partial charge in [0.2, 0.25) is 5.91 Å². The van der Waals surface area contributed by atoms with E-state index in [4.69, 9.17) is 4.74 Å². The number of amides is 1. The predicted molar refractivity (Wildman–Crippen MR) is 105 cm³/mol. The summed E-state index contributed by atoms with van der Waals surface area (Å²) in [6.07, 6.45) is 5.99. The summed E-state index contributed by atoms with van der Waals surface area (Å²) < 4.78 is 5.42. The summed E-state index contributed by atoms with van der Waals surface area (Å²) >= 11 is 0. The van der Waals surface area contributed by atoms with Crippen LogP contribution in [0.4, 0.5) is 5.82 Å². The minimum Gasteiger partial charge on any atom is -0.496 e. The molecule has 0 atom stereocenters. The molecule has 3 rings (SSSR count). The van der Waals surface area contributed by atoms with Crippen LogP contribution in [0.5, 0.6) is 5.75 Å². The van der Waals surface area contributed by atoms with Gasteiger partial charge < -0.3 is 10.1 Å². The number of aryl methyl sites for hydroxylation is 3. The number of hydrogen-bond acceptors (Lipinski definition) is 5. The molecule has 0 aliphatic heterocycles. The molecule has 1 amide bonds. The molecule has 1 N–H and O–H groups in total. The van der Waals surface area contributed by atoms with Gasteiger partial charge in [0, 0.05) is 30.4 Å². The third-order valence-electron chi connectivity index (χ3n) is 4.33. The van der Waals surface area contributed by atoms with Crippen molar-refractivity contribution in [1.82, 2.24) is 15.0 Å². The van der Waals surface area contributed by atoms with Crippen molar-refractivity contribution in [3.8, 4) is 17.0 Å². The molecule has 0 spiro atoms. The third kappa shape index (κ3) is 4.67. The maximum Gasteiger partial charge on any atom is 0.225 e. The number of anilines is 1. The molecule has 0 unspecified atom stereocenters. The van der Waals surface area contributed by atoms with Crippen molar-refractivity contribution in [3.63, 3.8) is 0 Å². The van der Waals surface area contributed by atoms with Crippen molar-refractivity contribution in [2.45, 2.75) is 26.7 Å². The van der Waals surface area contributed by atoms with Gasteiger partial charge in [0.05, 0.1) is 12.8 Å². The van der Waals surface area contributed by atoms with Crippen LogP contribution in [-0.2, 0) is 11.2 Å². The molecule has 3 aromatic rings. The van der Waals surface area contributed by atoms with Crippen molar-refractivity contribution in [1.29, 1.82) is 0 Å². The second-order valence-corrected chi connectivity index (χ2v) is 6.34. The average molecular weight is 362 g/mol. The maximum atomic E-state index is 12.3. The van der Waals surface area contributed by atoms with Gasteiger partial charge in [0.25, 0.3) is 0 Å². The molecule has 1 aromatic carbocycles. The Balaban J connectivity index is 1.72. The summed E-state index contributed by atoms with van der Waals surface area (Å²) in [7, 11) is 1.62. The number of pyridine rings is 1. The highest BCUT2D eigenvalue weighted by atomic mass is 16.5. The number of carbonyl (C=O) groups is 1. The number of rotatable bonds is 6. The van der Waals surface area contributed by atoms with E-state index in [1.807, 2.05) is 38.1 Å². The fourth-order valence-corrected chi connectivity index (χ4v) is 2.81. The average Bonchev–Trinajstić information content (AvgIpc) is 2.67. The van der Waals surface area contributed by atoms with Crippen LogP contribution < -0.4 is 10.1 Å². The van der Waals surface area contributed by atoms with Gasteiger partial charge in [-0.2, -0.15) is 0 Å². The molecule has 27 heavy (non-hydrogen) atoms. The van der Waals surface area contributed by atoms with E-state index in [1.165, 1.54) is 6.33 Å². The van der Waals surface area contributed by atoms with E-state index in [1.54, 1.807) is 25.6 Å². The first kappa shape index (κ1) is 18.5. The maximum absolute atomic E-state index is 12.3. The monoisotopic (exact) mass is 362 g/mol. The second-order valence-electron chi connectivity index (χ2n) is 6.34. The fourth-order valence-electron chi connectivity index (χ4n) is 2.81. The lowest BCUT2D eigenvalue weighted by Gasteiger charge is -2.10. The van der Waals surface area contributed by atoms with Crippen LogP contribution in [0, 0.1) is 13.8 Å². The number of benzene rings is 1. The van der Waals surface area contributed by atoms with Gasteiger partial charge >= 0.3 is 0 Å². The Hall–Kier alpha value is -3.28. The topological polar surface area (TPSA) is 77.0 Å². The van der Waals surface area contributed by atoms with Crippen LogP contribution in [-0.4, -0.2) is 28.0 Å². The Labute approximate surface area is 158 Å². The zero-order valence-corrected chi connectivity index (χ0v) is 15.7. The van der Waals surface area contributed by atoms with Gasteiger partial charge in [-0.25, -0.2) is 9.97 Å². The molecule has 6 heteroatoms. The van der Waals surface area contributed by atoms with E-state index in [2.05, 4.69) is 20.3 Å². The van der Waals surface area contributed by atoms with Gasteiger partial charge in [-0.05, 0) is 49.6 Å². The molecule has 0 fully saturated rings. The van der Waals surface area contributed by atoms with Crippen molar-refractivity contribution < 1.29 is 9.53 Å². The summed E-state index contributed by atoms with van der Waals surface area (Å²) in [5.74, 6) is 1.10. The Morgan fingerprint density at radius 3 is 2.78 bits per heavy atom. The molecule has 138 valence electrons. The number of methoxy groups -OCH3 is 1. The standard InChI is InChI=1S/C21H22N4O2/c1-14-4-6-19(27-3)17(10-14)18-11-20(24-13-23-18)25-21(26)7-5-16-12-22-9-8-15(16)2/h4,6,8-13H,5,7H2,1-3H3,(H,23,24,25,26). The molecule has 2 aromatic heterocycles. The van der Waals surface area contributed by atoms with E-state index in [0.29, 0.717) is 24.4 Å². The van der Waals surface area contributed by atoms with Crippen molar-refractivity contribution in [2.24, 2.45) is 0 Å². The minimum absolute atomic E-state index is 0.0980. The lowest BCUT2D eigenvalue weighted by molar-refractivity contribution is -0.116. The molecule has 0 saturated heterocycles. The number of carbonyl (C=O) groups excluding carboxylic acids is 1. The van der Waals surface area contributed by atoms with Gasteiger partial charge in [-0.3, -0.25) is 9.78 Å². The summed E-state index contributed by atoms with van der Waals surface area (Å²) in [5.41, 5.74) is 4.86. The van der Waals surface area contributed by atoms with Gasteiger partial charge in [0.1, 0.15) is 17.9 Å². The fraction of sp³-hybridized carbons (Fsp3) is 0.238. The van der Waals surface area contributed by atoms with E-state index in [9.17, 15) is 4.79 Å². The number of nitrogens with one attached hydrogen (secondary N) is 1. The van der Waals surface area contributed by atoms with Crippen LogP contribution in [0.1, 0.15) is 23.1 Å². The van der Waals surface area contributed by atoms with E-state index in [-0.39, 0.29) is 5.91 Å². The zero-order valence-electron chi connectivity index (χ0n) is 15.7. The van der Waals surface area contributed by atoms with E-state index in [0.717, 1.165) is 28.0 Å². The van der Waals surface area contributed by atoms with E-state index >= 15 is 0 Å². The Bertz CT molecular complexity index is 956. The molecule has 0 aliphatic rings.